The summed E-state index contributed by atoms with van der Waals surface area (Å²) in [7, 11) is 0. The molecule has 2 heterocycles. The summed E-state index contributed by atoms with van der Waals surface area (Å²) in [6, 6.07) is 0. The van der Waals surface area contributed by atoms with E-state index in [-0.39, 0.29) is 0 Å². The normalized spacial score (nSPS) is 21.2. The molecule has 4 heteroatoms. The Morgan fingerprint density at radius 2 is 2.29 bits per heavy atom. The molecule has 0 spiro atoms. The van der Waals surface area contributed by atoms with E-state index in [1.54, 1.807) is 0 Å². The van der Waals surface area contributed by atoms with Gasteiger partial charge < -0.3 is 14.8 Å². The van der Waals surface area contributed by atoms with E-state index in [1.807, 2.05) is 12.4 Å². The molecule has 1 aliphatic rings. The van der Waals surface area contributed by atoms with Gasteiger partial charge in [-0.3, -0.25) is 0 Å². The fraction of sp³-hybridized carbons (Fsp3) is 0.769. The Labute approximate surface area is 104 Å². The van der Waals surface area contributed by atoms with E-state index in [9.17, 15) is 0 Å². The van der Waals surface area contributed by atoms with E-state index in [2.05, 4.69) is 33.6 Å². The lowest BCUT2D eigenvalue weighted by Crippen LogP contribution is -2.27. The zero-order chi connectivity index (χ0) is 12.1. The summed E-state index contributed by atoms with van der Waals surface area (Å²) in [6.07, 6.45) is 5.27. The topological polar surface area (TPSA) is 33.1 Å². The summed E-state index contributed by atoms with van der Waals surface area (Å²) in [5.41, 5.74) is 0. The Bertz CT molecular complexity index is 334. The van der Waals surface area contributed by atoms with Crippen LogP contribution in [0.3, 0.4) is 0 Å². The number of nitrogens with one attached hydrogen (secondary N) is 1. The molecule has 1 atom stereocenters. The molecule has 17 heavy (non-hydrogen) atoms. The highest BCUT2D eigenvalue weighted by Crippen LogP contribution is 2.14. The van der Waals surface area contributed by atoms with Crippen LogP contribution < -0.4 is 5.32 Å². The van der Waals surface area contributed by atoms with Gasteiger partial charge in [0.2, 0.25) is 0 Å². The van der Waals surface area contributed by atoms with Crippen LogP contribution in [0.5, 0.6) is 0 Å². The molecule has 0 amide bonds. The fourth-order valence-corrected chi connectivity index (χ4v) is 2.55. The summed E-state index contributed by atoms with van der Waals surface area (Å²) in [4.78, 5) is 6.90. The van der Waals surface area contributed by atoms with E-state index in [0.29, 0.717) is 0 Å². The van der Waals surface area contributed by atoms with E-state index >= 15 is 0 Å². The van der Waals surface area contributed by atoms with Crippen molar-refractivity contribution in [2.75, 3.05) is 26.2 Å². The first-order valence-corrected chi connectivity index (χ1v) is 6.76. The number of imidazole rings is 1. The van der Waals surface area contributed by atoms with Crippen molar-refractivity contribution in [2.45, 2.75) is 33.4 Å². The van der Waals surface area contributed by atoms with Gasteiger partial charge in [0, 0.05) is 25.5 Å². The summed E-state index contributed by atoms with van der Waals surface area (Å²) in [5.74, 6) is 1.97. The fourth-order valence-electron chi connectivity index (χ4n) is 2.55. The molecule has 96 valence electrons. The quantitative estimate of drug-likeness (QED) is 0.809. The van der Waals surface area contributed by atoms with Gasteiger partial charge in [0.15, 0.2) is 0 Å². The van der Waals surface area contributed by atoms with Crippen molar-refractivity contribution in [3.63, 3.8) is 0 Å². The Morgan fingerprint density at radius 1 is 1.41 bits per heavy atom. The molecule has 1 aromatic heterocycles. The van der Waals surface area contributed by atoms with E-state index < -0.39 is 0 Å². The number of hydrogen-bond donors (Lipinski definition) is 1. The monoisotopic (exact) mass is 236 g/mol. The number of hydrogen-bond acceptors (Lipinski definition) is 3. The molecular weight excluding hydrogens is 212 g/mol. The van der Waals surface area contributed by atoms with Gasteiger partial charge >= 0.3 is 0 Å². The maximum atomic E-state index is 4.37. The van der Waals surface area contributed by atoms with E-state index in [1.165, 1.54) is 26.1 Å². The molecule has 1 aromatic rings. The molecule has 1 fully saturated rings. The number of aryl methyl sites for hydroxylation is 1. The SMILES string of the molecule is CCN1CCC(CNCc2nccn2CC)C1. The predicted octanol–water partition coefficient (Wildman–Crippen LogP) is 1.33. The Balaban J connectivity index is 1.70. The summed E-state index contributed by atoms with van der Waals surface area (Å²) >= 11 is 0. The maximum Gasteiger partial charge on any atom is 0.122 e. The van der Waals surface area contributed by atoms with E-state index in [0.717, 1.165) is 31.4 Å². The molecule has 0 radical (unpaired) electrons. The van der Waals surface area contributed by atoms with Crippen molar-refractivity contribution in [3.05, 3.63) is 18.2 Å². The smallest absolute Gasteiger partial charge is 0.122 e. The average Bonchev–Trinajstić information content (AvgIpc) is 2.97. The molecule has 1 aliphatic heterocycles. The third-order valence-corrected chi connectivity index (χ3v) is 3.68. The lowest BCUT2D eigenvalue weighted by atomic mass is 10.1. The van der Waals surface area contributed by atoms with Crippen LogP contribution in [0.4, 0.5) is 0 Å². The number of aromatic nitrogens is 2. The summed E-state index contributed by atoms with van der Waals surface area (Å²) in [5, 5.41) is 3.54. The first-order valence-electron chi connectivity index (χ1n) is 6.76. The van der Waals surface area contributed by atoms with Gasteiger partial charge in [-0.2, -0.15) is 0 Å². The first kappa shape index (κ1) is 12.6. The van der Waals surface area contributed by atoms with Gasteiger partial charge in [-0.25, -0.2) is 4.98 Å². The van der Waals surface area contributed by atoms with Crippen molar-refractivity contribution in [3.8, 4) is 0 Å². The predicted molar refractivity (Wildman–Crippen MR) is 69.8 cm³/mol. The summed E-state index contributed by atoms with van der Waals surface area (Å²) in [6.45, 7) is 11.1. The lowest BCUT2D eigenvalue weighted by molar-refractivity contribution is 0.338. The van der Waals surface area contributed by atoms with Crippen LogP contribution >= 0.6 is 0 Å². The minimum atomic E-state index is 0.819. The first-order chi connectivity index (χ1) is 8.33. The highest BCUT2D eigenvalue weighted by molar-refractivity contribution is 4.91. The highest BCUT2D eigenvalue weighted by Gasteiger charge is 2.20. The standard InChI is InChI=1S/C13H24N4/c1-3-16-7-5-12(11-16)9-14-10-13-15-6-8-17(13)4-2/h6,8,12,14H,3-5,7,9-11H2,1-2H3. The molecule has 0 aliphatic carbocycles. The third-order valence-electron chi connectivity index (χ3n) is 3.68. The van der Waals surface area contributed by atoms with Crippen LogP contribution in [0, 0.1) is 5.92 Å². The van der Waals surface area contributed by atoms with Crippen molar-refractivity contribution in [2.24, 2.45) is 5.92 Å². The second kappa shape index (κ2) is 6.17. The van der Waals surface area contributed by atoms with Gasteiger partial charge in [-0.15, -0.1) is 0 Å². The third kappa shape index (κ3) is 3.30. The Kier molecular flexibility index (Phi) is 4.57. The van der Waals surface area contributed by atoms with Crippen LogP contribution in [0.15, 0.2) is 12.4 Å². The van der Waals surface area contributed by atoms with Crippen molar-refractivity contribution < 1.29 is 0 Å². The van der Waals surface area contributed by atoms with Crippen molar-refractivity contribution >= 4 is 0 Å². The second-order valence-electron chi connectivity index (χ2n) is 4.81. The van der Waals surface area contributed by atoms with Gasteiger partial charge in [0.05, 0.1) is 6.54 Å². The second-order valence-corrected chi connectivity index (χ2v) is 4.81. The number of rotatable bonds is 6. The van der Waals surface area contributed by atoms with Crippen LogP contribution in [-0.4, -0.2) is 40.6 Å². The zero-order valence-corrected chi connectivity index (χ0v) is 11.0. The van der Waals surface area contributed by atoms with Crippen LogP contribution in [-0.2, 0) is 13.1 Å². The van der Waals surface area contributed by atoms with Gasteiger partial charge in [-0.05, 0) is 38.9 Å². The maximum absolute atomic E-state index is 4.37. The van der Waals surface area contributed by atoms with Crippen LogP contribution in [0.1, 0.15) is 26.1 Å². The molecule has 2 rings (SSSR count). The van der Waals surface area contributed by atoms with Gasteiger partial charge in [0.1, 0.15) is 5.82 Å². The lowest BCUT2D eigenvalue weighted by Gasteiger charge is -2.13. The van der Waals surface area contributed by atoms with Crippen LogP contribution in [0.2, 0.25) is 0 Å². The molecule has 1 saturated heterocycles. The largest absolute Gasteiger partial charge is 0.334 e. The molecular formula is C13H24N4. The average molecular weight is 236 g/mol. The molecule has 4 nitrogen and oxygen atoms in total. The molecule has 0 saturated carbocycles. The summed E-state index contributed by atoms with van der Waals surface area (Å²) < 4.78 is 2.19. The van der Waals surface area contributed by atoms with Crippen molar-refractivity contribution in [1.29, 1.82) is 0 Å². The van der Waals surface area contributed by atoms with E-state index in [4.69, 9.17) is 0 Å². The minimum absolute atomic E-state index is 0.819. The molecule has 0 bridgehead atoms. The Hall–Kier alpha value is -0.870. The molecule has 1 N–H and O–H groups in total. The number of nitrogens with zero attached hydrogens (tertiary/aromatic N) is 3. The zero-order valence-electron chi connectivity index (χ0n) is 11.0. The van der Waals surface area contributed by atoms with Gasteiger partial charge in [0.25, 0.3) is 0 Å². The highest BCUT2D eigenvalue weighted by atomic mass is 15.1. The van der Waals surface area contributed by atoms with Gasteiger partial charge in [-0.1, -0.05) is 6.92 Å². The van der Waals surface area contributed by atoms with Crippen LogP contribution in [0.25, 0.3) is 0 Å². The van der Waals surface area contributed by atoms with Crippen molar-refractivity contribution in [1.82, 2.24) is 19.8 Å². The molecule has 0 aromatic carbocycles. The Morgan fingerprint density at radius 3 is 3.00 bits per heavy atom. The molecule has 1 unspecified atom stereocenters. The number of likely N-dealkylation sites (tertiary alicyclic amines) is 1. The minimum Gasteiger partial charge on any atom is -0.334 e.